The first-order chi connectivity index (χ1) is 11.1. The molecule has 0 aliphatic rings. The van der Waals surface area contributed by atoms with Crippen molar-refractivity contribution in [3.8, 4) is 0 Å². The molecule has 0 atom stereocenters. The van der Waals surface area contributed by atoms with Gasteiger partial charge in [-0.25, -0.2) is 0 Å². The van der Waals surface area contributed by atoms with Crippen LogP contribution in [0.5, 0.6) is 0 Å². The van der Waals surface area contributed by atoms with Gasteiger partial charge in [-0.3, -0.25) is 9.78 Å². The minimum absolute atomic E-state index is 0.234. The molecule has 0 bridgehead atoms. The lowest BCUT2D eigenvalue weighted by molar-refractivity contribution is 0.102. The van der Waals surface area contributed by atoms with Gasteiger partial charge < -0.3 is 10.2 Å². The number of hydrogen-bond acceptors (Lipinski definition) is 3. The molecule has 0 fully saturated rings. The van der Waals surface area contributed by atoms with Crippen LogP contribution in [0.2, 0.25) is 5.02 Å². The summed E-state index contributed by atoms with van der Waals surface area (Å²) in [6.45, 7) is 6.23. The van der Waals surface area contributed by atoms with Crippen LogP contribution in [0.15, 0.2) is 42.6 Å². The summed E-state index contributed by atoms with van der Waals surface area (Å²) in [5, 5.41) is 3.41. The van der Waals surface area contributed by atoms with Gasteiger partial charge >= 0.3 is 0 Å². The van der Waals surface area contributed by atoms with Gasteiger partial charge in [-0.2, -0.15) is 0 Å². The first kappa shape index (κ1) is 17.3. The van der Waals surface area contributed by atoms with Crippen LogP contribution in [-0.4, -0.2) is 24.0 Å². The fourth-order valence-corrected chi connectivity index (χ4v) is 2.60. The van der Waals surface area contributed by atoms with Gasteiger partial charge in [0.15, 0.2) is 0 Å². The largest absolute Gasteiger partial charge is 0.371 e. The smallest absolute Gasteiger partial charge is 0.274 e. The van der Waals surface area contributed by atoms with Crippen LogP contribution in [-0.2, 0) is 0 Å². The third-order valence-corrected chi connectivity index (χ3v) is 3.65. The van der Waals surface area contributed by atoms with Crippen LogP contribution < -0.4 is 10.2 Å². The average Bonchev–Trinajstić information content (AvgIpc) is 2.55. The zero-order chi connectivity index (χ0) is 16.7. The topological polar surface area (TPSA) is 45.2 Å². The van der Waals surface area contributed by atoms with Crippen LogP contribution in [0, 0.1) is 0 Å². The minimum Gasteiger partial charge on any atom is -0.371 e. The van der Waals surface area contributed by atoms with Crippen molar-refractivity contribution in [2.24, 2.45) is 0 Å². The Morgan fingerprint density at radius 3 is 2.57 bits per heavy atom. The predicted octanol–water partition coefficient (Wildman–Crippen LogP) is 4.61. The lowest BCUT2D eigenvalue weighted by atomic mass is 10.2. The van der Waals surface area contributed by atoms with Crippen molar-refractivity contribution in [3.05, 3.63) is 53.3 Å². The Kier molecular flexibility index (Phi) is 6.41. The van der Waals surface area contributed by atoms with Crippen molar-refractivity contribution in [2.75, 3.05) is 23.3 Å². The first-order valence-electron chi connectivity index (χ1n) is 7.92. The molecule has 23 heavy (non-hydrogen) atoms. The second kappa shape index (κ2) is 8.53. The SMILES string of the molecule is CCCN(CCC)c1ccnc(C(=O)Nc2cccc(Cl)c2)c1. The number of carbonyl (C=O) groups is 1. The molecule has 1 N–H and O–H groups in total. The van der Waals surface area contributed by atoms with E-state index in [4.69, 9.17) is 11.6 Å². The van der Waals surface area contributed by atoms with Crippen molar-refractivity contribution in [1.29, 1.82) is 0 Å². The number of amides is 1. The van der Waals surface area contributed by atoms with Crippen LogP contribution in [0.25, 0.3) is 0 Å². The van der Waals surface area contributed by atoms with E-state index in [0.717, 1.165) is 31.6 Å². The Morgan fingerprint density at radius 2 is 1.91 bits per heavy atom. The summed E-state index contributed by atoms with van der Waals surface area (Å²) < 4.78 is 0. The number of hydrogen-bond donors (Lipinski definition) is 1. The molecule has 0 radical (unpaired) electrons. The van der Waals surface area contributed by atoms with Gasteiger partial charge in [0.2, 0.25) is 0 Å². The minimum atomic E-state index is -0.234. The van der Waals surface area contributed by atoms with Crippen LogP contribution >= 0.6 is 11.6 Å². The normalized spacial score (nSPS) is 10.4. The monoisotopic (exact) mass is 331 g/mol. The second-order valence-electron chi connectivity index (χ2n) is 5.35. The van der Waals surface area contributed by atoms with Crippen molar-refractivity contribution in [1.82, 2.24) is 4.98 Å². The zero-order valence-corrected chi connectivity index (χ0v) is 14.3. The number of nitrogens with zero attached hydrogens (tertiary/aromatic N) is 2. The Hall–Kier alpha value is -2.07. The van der Waals surface area contributed by atoms with Gasteiger partial charge in [0.25, 0.3) is 5.91 Å². The van der Waals surface area contributed by atoms with E-state index in [9.17, 15) is 4.79 Å². The van der Waals surface area contributed by atoms with Crippen LogP contribution in [0.1, 0.15) is 37.2 Å². The fraction of sp³-hybridized carbons (Fsp3) is 0.333. The average molecular weight is 332 g/mol. The number of anilines is 2. The molecule has 1 aromatic carbocycles. The fourth-order valence-electron chi connectivity index (χ4n) is 2.41. The molecule has 0 aliphatic heterocycles. The molecule has 0 saturated carbocycles. The van der Waals surface area contributed by atoms with Crippen LogP contribution in [0.4, 0.5) is 11.4 Å². The maximum atomic E-state index is 12.4. The van der Waals surface area contributed by atoms with Gasteiger partial charge in [0.05, 0.1) is 0 Å². The van der Waals surface area contributed by atoms with Crippen molar-refractivity contribution >= 4 is 28.9 Å². The van der Waals surface area contributed by atoms with Crippen molar-refractivity contribution in [2.45, 2.75) is 26.7 Å². The molecule has 0 aliphatic carbocycles. The summed E-state index contributed by atoms with van der Waals surface area (Å²) in [6, 6.07) is 10.9. The van der Waals surface area contributed by atoms with E-state index in [2.05, 4.69) is 29.0 Å². The Bertz CT molecular complexity index is 654. The quantitative estimate of drug-likeness (QED) is 0.805. The van der Waals surface area contributed by atoms with Gasteiger partial charge in [0, 0.05) is 35.7 Å². The predicted molar refractivity (Wildman–Crippen MR) is 96.4 cm³/mol. The Morgan fingerprint density at radius 1 is 1.17 bits per heavy atom. The zero-order valence-electron chi connectivity index (χ0n) is 13.6. The molecular weight excluding hydrogens is 310 g/mol. The van der Waals surface area contributed by atoms with E-state index in [-0.39, 0.29) is 5.91 Å². The molecule has 1 aromatic heterocycles. The lowest BCUT2D eigenvalue weighted by Crippen LogP contribution is -2.25. The molecule has 0 saturated heterocycles. The highest BCUT2D eigenvalue weighted by Crippen LogP contribution is 2.18. The molecule has 2 rings (SSSR count). The summed E-state index contributed by atoms with van der Waals surface area (Å²) in [4.78, 5) is 18.8. The molecular formula is C18H22ClN3O. The number of nitrogens with one attached hydrogen (secondary N) is 1. The summed E-state index contributed by atoms with van der Waals surface area (Å²) >= 11 is 5.94. The van der Waals surface area contributed by atoms with Crippen LogP contribution in [0.3, 0.4) is 0 Å². The van der Waals surface area contributed by atoms with Crippen molar-refractivity contribution in [3.63, 3.8) is 0 Å². The summed E-state index contributed by atoms with van der Waals surface area (Å²) in [7, 11) is 0. The van der Waals surface area contributed by atoms with E-state index in [1.165, 1.54) is 0 Å². The summed E-state index contributed by atoms with van der Waals surface area (Å²) in [5.41, 5.74) is 2.09. The van der Waals surface area contributed by atoms with E-state index < -0.39 is 0 Å². The summed E-state index contributed by atoms with van der Waals surface area (Å²) in [6.07, 6.45) is 3.80. The van der Waals surface area contributed by atoms with Gasteiger partial charge in [0.1, 0.15) is 5.69 Å². The van der Waals surface area contributed by atoms with Gasteiger partial charge in [-0.1, -0.05) is 31.5 Å². The first-order valence-corrected chi connectivity index (χ1v) is 8.29. The Balaban J connectivity index is 2.16. The molecule has 122 valence electrons. The number of carbonyl (C=O) groups excluding carboxylic acids is 1. The number of pyridine rings is 1. The highest BCUT2D eigenvalue weighted by atomic mass is 35.5. The lowest BCUT2D eigenvalue weighted by Gasteiger charge is -2.23. The molecule has 4 nitrogen and oxygen atoms in total. The maximum Gasteiger partial charge on any atom is 0.274 e. The third kappa shape index (κ3) is 4.96. The van der Waals surface area contributed by atoms with Gasteiger partial charge in [-0.15, -0.1) is 0 Å². The molecule has 0 spiro atoms. The van der Waals surface area contributed by atoms with E-state index in [0.29, 0.717) is 16.4 Å². The molecule has 5 heteroatoms. The highest BCUT2D eigenvalue weighted by Gasteiger charge is 2.11. The standard InChI is InChI=1S/C18H22ClN3O/c1-3-10-22(11-4-2)16-8-9-20-17(13-16)18(23)21-15-7-5-6-14(19)12-15/h5-9,12-13H,3-4,10-11H2,1-2H3,(H,21,23). The number of aromatic nitrogens is 1. The van der Waals surface area contributed by atoms with E-state index in [1.807, 2.05) is 12.1 Å². The maximum absolute atomic E-state index is 12.4. The molecule has 0 unspecified atom stereocenters. The van der Waals surface area contributed by atoms with E-state index in [1.54, 1.807) is 30.5 Å². The molecule has 2 aromatic rings. The molecule has 1 amide bonds. The van der Waals surface area contributed by atoms with E-state index >= 15 is 0 Å². The third-order valence-electron chi connectivity index (χ3n) is 3.41. The number of benzene rings is 1. The summed E-state index contributed by atoms with van der Waals surface area (Å²) in [5.74, 6) is -0.234. The molecule has 1 heterocycles. The second-order valence-corrected chi connectivity index (χ2v) is 5.79. The Labute approximate surface area is 142 Å². The number of rotatable bonds is 7. The van der Waals surface area contributed by atoms with Crippen molar-refractivity contribution < 1.29 is 4.79 Å². The van der Waals surface area contributed by atoms with Gasteiger partial charge in [-0.05, 0) is 43.2 Å². The number of halogens is 1. The highest BCUT2D eigenvalue weighted by molar-refractivity contribution is 6.30.